The molecule has 0 saturated carbocycles. The van der Waals surface area contributed by atoms with Crippen molar-refractivity contribution in [3.63, 3.8) is 0 Å². The molecule has 3 nitrogen and oxygen atoms in total. The van der Waals surface area contributed by atoms with Crippen LogP contribution in [0.15, 0.2) is 127 Å². The van der Waals surface area contributed by atoms with Crippen LogP contribution in [-0.2, 0) is 0 Å². The van der Waals surface area contributed by atoms with Crippen LogP contribution >= 0.6 is 0 Å². The molecule has 1 aliphatic heterocycles. The molecule has 0 aliphatic carbocycles. The molecule has 1 heterocycles. The first-order chi connectivity index (χ1) is 19.1. The molecular weight excluding hydrogens is 471 g/mol. The van der Waals surface area contributed by atoms with Crippen molar-refractivity contribution in [3.05, 3.63) is 127 Å². The summed E-state index contributed by atoms with van der Waals surface area (Å²) >= 11 is 0. The van der Waals surface area contributed by atoms with E-state index in [1.54, 1.807) is 0 Å². The van der Waals surface area contributed by atoms with Gasteiger partial charge in [-0.15, -0.1) is 0 Å². The number of benzene rings is 6. The van der Waals surface area contributed by atoms with Crippen molar-refractivity contribution in [1.82, 2.24) is 14.2 Å². The molecule has 0 aromatic heterocycles. The number of rotatable bonds is 3. The van der Waals surface area contributed by atoms with Gasteiger partial charge in [-0.05, 0) is 69.8 Å². The van der Waals surface area contributed by atoms with Crippen molar-refractivity contribution >= 4 is 69.7 Å². The predicted molar refractivity (Wildman–Crippen MR) is 171 cm³/mol. The van der Waals surface area contributed by atoms with E-state index in [1.165, 1.54) is 48.7 Å². The van der Waals surface area contributed by atoms with Crippen LogP contribution in [0.2, 0.25) is 0 Å². The van der Waals surface area contributed by atoms with E-state index < -0.39 is 0 Å². The van der Waals surface area contributed by atoms with Gasteiger partial charge in [0.15, 0.2) is 0 Å². The maximum Gasteiger partial charge on any atom is 0.326 e. The Morgan fingerprint density at radius 1 is 0.333 bits per heavy atom. The van der Waals surface area contributed by atoms with E-state index in [-0.39, 0.29) is 20.9 Å². The second kappa shape index (κ2) is 9.73. The first-order valence-corrected chi connectivity index (χ1v) is 13.7. The molecule has 6 aromatic rings. The Hall–Kier alpha value is -3.83. The van der Waals surface area contributed by atoms with Crippen molar-refractivity contribution in [3.8, 4) is 0 Å². The summed E-state index contributed by atoms with van der Waals surface area (Å²) in [7, 11) is 6.85. The molecule has 6 aromatic carbocycles. The molecule has 0 radical (unpaired) electrons. The monoisotopic (exact) mass is 501 g/mol. The van der Waals surface area contributed by atoms with Gasteiger partial charge < -0.3 is 14.2 Å². The summed E-state index contributed by atoms with van der Waals surface area (Å²) in [5.74, 6) is 0. The van der Waals surface area contributed by atoms with Crippen LogP contribution in [-0.4, -0.2) is 56.3 Å². The van der Waals surface area contributed by atoms with Gasteiger partial charge in [0.1, 0.15) is 0 Å². The van der Waals surface area contributed by atoms with E-state index in [1.807, 2.05) is 0 Å². The lowest BCUT2D eigenvalue weighted by Gasteiger charge is -2.51. The Kier molecular flexibility index (Phi) is 6.05. The molecule has 7 rings (SSSR count). The summed E-state index contributed by atoms with van der Waals surface area (Å²) in [6.07, 6.45) is 0. The second-order valence-electron chi connectivity index (χ2n) is 10.8. The van der Waals surface area contributed by atoms with Gasteiger partial charge in [-0.1, -0.05) is 127 Å². The lowest BCUT2D eigenvalue weighted by atomic mass is 9.38. The zero-order chi connectivity index (χ0) is 26.5. The highest BCUT2D eigenvalue weighted by Gasteiger charge is 2.51. The van der Waals surface area contributed by atoms with Gasteiger partial charge >= 0.3 is 20.9 Å². The maximum atomic E-state index is 2.55. The number of fused-ring (bicyclic) bond motifs is 3. The molecule has 0 spiro atoms. The Morgan fingerprint density at radius 2 is 0.590 bits per heavy atom. The molecule has 1 fully saturated rings. The second-order valence-corrected chi connectivity index (χ2v) is 10.8. The molecular formula is C33H30B3N3. The summed E-state index contributed by atoms with van der Waals surface area (Å²) in [5.41, 5.74) is 4.00. The summed E-state index contributed by atoms with van der Waals surface area (Å²) in [5, 5.41) is 7.75. The van der Waals surface area contributed by atoms with Gasteiger partial charge in [-0.3, -0.25) is 0 Å². The molecule has 0 unspecified atom stereocenters. The van der Waals surface area contributed by atoms with Gasteiger partial charge in [0.05, 0.1) is 0 Å². The highest BCUT2D eigenvalue weighted by atomic mass is 15.3. The van der Waals surface area contributed by atoms with Gasteiger partial charge in [0.2, 0.25) is 0 Å². The fraction of sp³-hybridized carbons (Fsp3) is 0.0909. The fourth-order valence-corrected chi connectivity index (χ4v) is 7.01. The highest BCUT2D eigenvalue weighted by Crippen LogP contribution is 2.24. The number of hydrogen-bond acceptors (Lipinski definition) is 3. The van der Waals surface area contributed by atoms with Gasteiger partial charge in [0.25, 0.3) is 0 Å². The van der Waals surface area contributed by atoms with E-state index in [0.29, 0.717) is 0 Å². The topological polar surface area (TPSA) is 9.72 Å². The molecule has 1 aliphatic rings. The van der Waals surface area contributed by atoms with Gasteiger partial charge in [-0.25, -0.2) is 0 Å². The minimum absolute atomic E-state index is 0.0697. The smallest absolute Gasteiger partial charge is 0.326 e. The zero-order valence-electron chi connectivity index (χ0n) is 22.7. The molecule has 0 bridgehead atoms. The van der Waals surface area contributed by atoms with E-state index in [0.717, 1.165) is 0 Å². The van der Waals surface area contributed by atoms with Crippen molar-refractivity contribution in [2.75, 3.05) is 21.1 Å². The molecule has 39 heavy (non-hydrogen) atoms. The minimum Gasteiger partial charge on any atom is -0.351 e. The molecule has 0 N–H and O–H groups in total. The highest BCUT2D eigenvalue weighted by molar-refractivity contribution is 6.99. The van der Waals surface area contributed by atoms with Crippen molar-refractivity contribution in [2.45, 2.75) is 0 Å². The summed E-state index contributed by atoms with van der Waals surface area (Å²) in [6.45, 7) is 0.209. The molecule has 6 heteroatoms. The minimum atomic E-state index is 0.0697. The third-order valence-electron chi connectivity index (χ3n) is 8.62. The summed E-state index contributed by atoms with van der Waals surface area (Å²) < 4.78 is 7.64. The lowest BCUT2D eigenvalue weighted by Crippen LogP contribution is -2.82. The van der Waals surface area contributed by atoms with Crippen LogP contribution in [0, 0.1) is 0 Å². The van der Waals surface area contributed by atoms with Gasteiger partial charge in [-0.2, -0.15) is 0 Å². The standard InChI is InChI=1S/C33H30B3N3/c1-37-34(31-22-10-16-25-13-4-7-19-28(25)31)38(2)36(33-24-12-18-27-15-6-9-21-30(27)33)39(3)35(37)32-23-11-17-26-14-5-8-20-29(26)32/h4-24H,1-3H3. The van der Waals surface area contributed by atoms with E-state index >= 15 is 0 Å². The van der Waals surface area contributed by atoms with Crippen molar-refractivity contribution in [2.24, 2.45) is 0 Å². The van der Waals surface area contributed by atoms with Crippen LogP contribution in [0.4, 0.5) is 0 Å². The molecule has 0 amide bonds. The average molecular weight is 501 g/mol. The van der Waals surface area contributed by atoms with E-state index in [4.69, 9.17) is 0 Å². The van der Waals surface area contributed by atoms with Crippen LogP contribution in [0.5, 0.6) is 0 Å². The van der Waals surface area contributed by atoms with Crippen LogP contribution in [0.1, 0.15) is 0 Å². The van der Waals surface area contributed by atoms with Crippen LogP contribution in [0.3, 0.4) is 0 Å². The van der Waals surface area contributed by atoms with Crippen LogP contribution < -0.4 is 16.4 Å². The number of hydrogen-bond donors (Lipinski definition) is 0. The third-order valence-corrected chi connectivity index (χ3v) is 8.62. The first kappa shape index (κ1) is 24.2. The SMILES string of the molecule is CN1B(c2cccc3ccccc23)N(C)B(c2cccc3ccccc23)N(C)B1c1cccc2ccccc12. The lowest BCUT2D eigenvalue weighted by molar-refractivity contribution is 0.561. The molecule has 0 atom stereocenters. The molecule has 1 saturated heterocycles. The number of nitrogens with zero attached hydrogens (tertiary/aromatic N) is 3. The Balaban J connectivity index is 1.48. The normalized spacial score (nSPS) is 15.6. The zero-order valence-corrected chi connectivity index (χ0v) is 22.7. The average Bonchev–Trinajstić information content (AvgIpc) is 2.97. The fourth-order valence-electron chi connectivity index (χ4n) is 7.01. The Morgan fingerprint density at radius 3 is 0.897 bits per heavy atom. The van der Waals surface area contributed by atoms with E-state index in [2.05, 4.69) is 163 Å². The predicted octanol–water partition coefficient (Wildman–Crippen LogP) is 4.44. The van der Waals surface area contributed by atoms with Crippen LogP contribution in [0.25, 0.3) is 32.3 Å². The summed E-state index contributed by atoms with van der Waals surface area (Å²) in [6, 6.07) is 46.5. The van der Waals surface area contributed by atoms with Crippen molar-refractivity contribution < 1.29 is 0 Å². The molecule has 186 valence electrons. The van der Waals surface area contributed by atoms with Crippen molar-refractivity contribution in [1.29, 1.82) is 0 Å². The van der Waals surface area contributed by atoms with E-state index in [9.17, 15) is 0 Å². The van der Waals surface area contributed by atoms with Gasteiger partial charge in [0, 0.05) is 0 Å². The largest absolute Gasteiger partial charge is 0.351 e. The summed E-state index contributed by atoms with van der Waals surface area (Å²) in [4.78, 5) is 0. The quantitative estimate of drug-likeness (QED) is 0.333. The maximum absolute atomic E-state index is 2.55. The Bertz CT molecular complexity index is 1580. The Labute approximate surface area is 232 Å². The first-order valence-electron chi connectivity index (χ1n) is 13.7. The third kappa shape index (κ3) is 3.91.